The van der Waals surface area contributed by atoms with Crippen molar-refractivity contribution in [1.29, 1.82) is 0 Å². The summed E-state index contributed by atoms with van der Waals surface area (Å²) >= 11 is 0. The molecular formula is C18H27N3O3. The standard InChI is InChI=1S/C18H27N3O3/c1-3-4-10-21(2)11-9-19-12-16(23)13-5-7-15(22)18-14(13)6-8-17(24)20-18/h5-8,16,19,22-23H,3-4,9-12H2,1-2H3,(H,20,24). The number of aromatic nitrogens is 1. The molecule has 1 aromatic heterocycles. The number of H-pyrrole nitrogens is 1. The average molecular weight is 333 g/mol. The first-order valence-corrected chi connectivity index (χ1v) is 8.45. The van der Waals surface area contributed by atoms with Gasteiger partial charge >= 0.3 is 0 Å². The molecule has 0 bridgehead atoms. The van der Waals surface area contributed by atoms with Gasteiger partial charge in [-0.15, -0.1) is 0 Å². The van der Waals surface area contributed by atoms with Crippen molar-refractivity contribution >= 4 is 10.9 Å². The van der Waals surface area contributed by atoms with Gasteiger partial charge in [0.15, 0.2) is 0 Å². The maximum atomic E-state index is 11.4. The van der Waals surface area contributed by atoms with Crippen molar-refractivity contribution in [2.45, 2.75) is 25.9 Å². The molecular weight excluding hydrogens is 306 g/mol. The molecule has 0 aliphatic rings. The van der Waals surface area contributed by atoms with E-state index in [1.165, 1.54) is 25.0 Å². The van der Waals surface area contributed by atoms with E-state index >= 15 is 0 Å². The van der Waals surface area contributed by atoms with Crippen molar-refractivity contribution in [3.8, 4) is 5.75 Å². The Kier molecular flexibility index (Phi) is 6.78. The Morgan fingerprint density at radius 1 is 1.25 bits per heavy atom. The molecule has 0 saturated carbocycles. The SMILES string of the molecule is CCCCN(C)CCNCC(O)c1ccc(O)c2[nH]c(=O)ccc12. The lowest BCUT2D eigenvalue weighted by Gasteiger charge is -2.18. The van der Waals surface area contributed by atoms with Crippen LogP contribution in [-0.4, -0.2) is 53.3 Å². The number of unbranched alkanes of at least 4 members (excludes halogenated alkanes) is 1. The summed E-state index contributed by atoms with van der Waals surface area (Å²) in [6.07, 6.45) is 1.67. The van der Waals surface area contributed by atoms with Gasteiger partial charge in [0.05, 0.1) is 11.6 Å². The van der Waals surface area contributed by atoms with Crippen molar-refractivity contribution in [3.63, 3.8) is 0 Å². The maximum absolute atomic E-state index is 11.4. The lowest BCUT2D eigenvalue weighted by Crippen LogP contribution is -2.32. The number of nitrogens with one attached hydrogen (secondary N) is 2. The Balaban J connectivity index is 1.96. The molecule has 0 saturated heterocycles. The number of hydrogen-bond donors (Lipinski definition) is 4. The summed E-state index contributed by atoms with van der Waals surface area (Å²) in [4.78, 5) is 16.3. The zero-order chi connectivity index (χ0) is 17.5. The Labute approximate surface area is 142 Å². The molecule has 0 amide bonds. The molecule has 4 N–H and O–H groups in total. The van der Waals surface area contributed by atoms with Crippen LogP contribution < -0.4 is 10.9 Å². The van der Waals surface area contributed by atoms with Crippen molar-refractivity contribution in [2.24, 2.45) is 0 Å². The predicted molar refractivity (Wildman–Crippen MR) is 96.5 cm³/mol. The van der Waals surface area contributed by atoms with E-state index in [1.54, 1.807) is 12.1 Å². The highest BCUT2D eigenvalue weighted by Crippen LogP contribution is 2.28. The molecule has 24 heavy (non-hydrogen) atoms. The van der Waals surface area contributed by atoms with E-state index in [9.17, 15) is 15.0 Å². The number of rotatable bonds is 9. The minimum absolute atomic E-state index is 0.00385. The summed E-state index contributed by atoms with van der Waals surface area (Å²) in [7, 11) is 2.09. The number of aromatic amines is 1. The highest BCUT2D eigenvalue weighted by Gasteiger charge is 2.13. The van der Waals surface area contributed by atoms with Crippen LogP contribution in [0.4, 0.5) is 0 Å². The van der Waals surface area contributed by atoms with Crippen LogP contribution in [0.15, 0.2) is 29.1 Å². The number of pyridine rings is 1. The third-order valence-corrected chi connectivity index (χ3v) is 4.17. The third-order valence-electron chi connectivity index (χ3n) is 4.17. The van der Waals surface area contributed by atoms with E-state index in [1.807, 2.05) is 0 Å². The number of aromatic hydroxyl groups is 1. The van der Waals surface area contributed by atoms with Crippen LogP contribution >= 0.6 is 0 Å². The summed E-state index contributed by atoms with van der Waals surface area (Å²) in [6, 6.07) is 6.21. The number of benzene rings is 1. The van der Waals surface area contributed by atoms with Crippen molar-refractivity contribution in [3.05, 3.63) is 40.2 Å². The molecule has 0 radical (unpaired) electrons. The van der Waals surface area contributed by atoms with E-state index in [-0.39, 0.29) is 11.3 Å². The van der Waals surface area contributed by atoms with Crippen LogP contribution in [-0.2, 0) is 0 Å². The first kappa shape index (κ1) is 18.4. The molecule has 2 aromatic rings. The normalized spacial score (nSPS) is 12.8. The van der Waals surface area contributed by atoms with Gasteiger partial charge < -0.3 is 25.4 Å². The molecule has 0 aliphatic carbocycles. The van der Waals surface area contributed by atoms with Gasteiger partial charge in [-0.25, -0.2) is 0 Å². The Bertz CT molecular complexity index is 714. The van der Waals surface area contributed by atoms with Gasteiger partial charge in [0.2, 0.25) is 5.56 Å². The van der Waals surface area contributed by atoms with Crippen molar-refractivity contribution in [2.75, 3.05) is 33.2 Å². The van der Waals surface area contributed by atoms with Gasteiger partial charge in [0.25, 0.3) is 0 Å². The number of fused-ring (bicyclic) bond motifs is 1. The topological polar surface area (TPSA) is 88.6 Å². The second-order valence-electron chi connectivity index (χ2n) is 6.16. The summed E-state index contributed by atoms with van der Waals surface area (Å²) in [5, 5.41) is 24.2. The Hall–Kier alpha value is -1.89. The maximum Gasteiger partial charge on any atom is 0.248 e. The molecule has 6 heteroatoms. The van der Waals surface area contributed by atoms with Gasteiger partial charge in [-0.3, -0.25) is 4.79 Å². The van der Waals surface area contributed by atoms with E-state index in [4.69, 9.17) is 0 Å². The zero-order valence-corrected chi connectivity index (χ0v) is 14.4. The molecule has 1 heterocycles. The Morgan fingerprint density at radius 2 is 2.04 bits per heavy atom. The lowest BCUT2D eigenvalue weighted by molar-refractivity contribution is 0.174. The fraction of sp³-hybridized carbons (Fsp3) is 0.500. The quantitative estimate of drug-likeness (QED) is 0.523. The third kappa shape index (κ3) is 4.80. The predicted octanol–water partition coefficient (Wildman–Crippen LogP) is 1.59. The van der Waals surface area contributed by atoms with E-state index < -0.39 is 6.10 Å². The van der Waals surface area contributed by atoms with Crippen LogP contribution in [0.1, 0.15) is 31.4 Å². The minimum atomic E-state index is -0.708. The molecule has 0 aliphatic heterocycles. The zero-order valence-electron chi connectivity index (χ0n) is 14.4. The number of phenolic OH excluding ortho intramolecular Hbond substituents is 1. The number of aliphatic hydroxyl groups excluding tert-OH is 1. The van der Waals surface area contributed by atoms with Gasteiger partial charge in [0.1, 0.15) is 5.75 Å². The van der Waals surface area contributed by atoms with Crippen LogP contribution in [0.5, 0.6) is 5.75 Å². The molecule has 1 atom stereocenters. The molecule has 1 aromatic carbocycles. The lowest BCUT2D eigenvalue weighted by atomic mass is 10.0. The molecule has 6 nitrogen and oxygen atoms in total. The van der Waals surface area contributed by atoms with Gasteiger partial charge in [-0.05, 0) is 37.7 Å². The summed E-state index contributed by atoms with van der Waals surface area (Å²) < 4.78 is 0. The van der Waals surface area contributed by atoms with Crippen LogP contribution in [0.3, 0.4) is 0 Å². The van der Waals surface area contributed by atoms with Gasteiger partial charge in [0, 0.05) is 31.1 Å². The summed E-state index contributed by atoms with van der Waals surface area (Å²) in [5.74, 6) is 0.00385. The average Bonchev–Trinajstić information content (AvgIpc) is 2.57. The van der Waals surface area contributed by atoms with Gasteiger partial charge in [-0.2, -0.15) is 0 Å². The fourth-order valence-electron chi connectivity index (χ4n) is 2.71. The summed E-state index contributed by atoms with van der Waals surface area (Å²) in [5.41, 5.74) is 0.766. The molecule has 1 unspecified atom stereocenters. The molecule has 0 fully saturated rings. The smallest absolute Gasteiger partial charge is 0.248 e. The second-order valence-corrected chi connectivity index (χ2v) is 6.16. The van der Waals surface area contributed by atoms with Crippen molar-refractivity contribution < 1.29 is 10.2 Å². The minimum Gasteiger partial charge on any atom is -0.506 e. The number of hydrogen-bond acceptors (Lipinski definition) is 5. The number of phenols is 1. The van der Waals surface area contributed by atoms with E-state index in [2.05, 4.69) is 29.2 Å². The fourth-order valence-corrected chi connectivity index (χ4v) is 2.71. The molecule has 0 spiro atoms. The summed E-state index contributed by atoms with van der Waals surface area (Å²) in [6.45, 7) is 5.40. The second kappa shape index (κ2) is 8.82. The first-order valence-electron chi connectivity index (χ1n) is 8.45. The van der Waals surface area contributed by atoms with E-state index in [0.29, 0.717) is 23.0 Å². The molecule has 2 rings (SSSR count). The van der Waals surface area contributed by atoms with Crippen molar-refractivity contribution in [1.82, 2.24) is 15.2 Å². The molecule has 132 valence electrons. The largest absolute Gasteiger partial charge is 0.506 e. The number of nitrogens with zero attached hydrogens (tertiary/aromatic N) is 1. The number of likely N-dealkylation sites (N-methyl/N-ethyl adjacent to an activating group) is 1. The Morgan fingerprint density at radius 3 is 2.79 bits per heavy atom. The van der Waals surface area contributed by atoms with Crippen LogP contribution in [0, 0.1) is 0 Å². The highest BCUT2D eigenvalue weighted by atomic mass is 16.3. The highest BCUT2D eigenvalue weighted by molar-refractivity contribution is 5.87. The van der Waals surface area contributed by atoms with Crippen LogP contribution in [0.2, 0.25) is 0 Å². The van der Waals surface area contributed by atoms with E-state index in [0.717, 1.165) is 19.6 Å². The monoisotopic (exact) mass is 333 g/mol. The first-order chi connectivity index (χ1) is 11.5. The number of aliphatic hydroxyl groups is 1. The van der Waals surface area contributed by atoms with Crippen LogP contribution in [0.25, 0.3) is 10.9 Å². The van der Waals surface area contributed by atoms with Gasteiger partial charge in [-0.1, -0.05) is 19.4 Å².